The fourth-order valence-corrected chi connectivity index (χ4v) is 2.40. The zero-order valence-electron chi connectivity index (χ0n) is 15.3. The number of rotatable bonds is 7. The summed E-state index contributed by atoms with van der Waals surface area (Å²) < 4.78 is 11.4. The van der Waals surface area contributed by atoms with Crippen LogP contribution >= 0.6 is 0 Å². The van der Waals surface area contributed by atoms with Crippen LogP contribution in [-0.2, 0) is 6.54 Å². The van der Waals surface area contributed by atoms with Gasteiger partial charge in [0.15, 0.2) is 0 Å². The number of pyridine rings is 2. The lowest BCUT2D eigenvalue weighted by atomic mass is 10.2. The Kier molecular flexibility index (Phi) is 5.99. The third kappa shape index (κ3) is 5.04. The number of hydrogen-bond donors (Lipinski definition) is 1. The number of carbonyl (C=O) groups is 1. The maximum Gasteiger partial charge on any atom is 0.257 e. The Labute approximate surface area is 158 Å². The average Bonchev–Trinajstić information content (AvgIpc) is 2.68. The van der Waals surface area contributed by atoms with Crippen LogP contribution in [0.4, 0.5) is 0 Å². The number of nitrogens with zero attached hydrogens (tertiary/aromatic N) is 2. The van der Waals surface area contributed by atoms with Crippen LogP contribution < -0.4 is 14.8 Å². The third-order valence-corrected chi connectivity index (χ3v) is 3.61. The molecule has 0 fully saturated rings. The van der Waals surface area contributed by atoms with Crippen molar-refractivity contribution in [1.29, 1.82) is 0 Å². The van der Waals surface area contributed by atoms with E-state index in [2.05, 4.69) is 15.3 Å². The zero-order chi connectivity index (χ0) is 19.1. The Morgan fingerprint density at radius 2 is 1.67 bits per heavy atom. The second kappa shape index (κ2) is 8.80. The molecule has 2 heterocycles. The normalized spacial score (nSPS) is 10.5. The maximum absolute atomic E-state index is 12.7. The smallest absolute Gasteiger partial charge is 0.257 e. The summed E-state index contributed by atoms with van der Waals surface area (Å²) in [5.41, 5.74) is 1.16. The van der Waals surface area contributed by atoms with Gasteiger partial charge < -0.3 is 14.8 Å². The molecule has 0 unspecified atom stereocenters. The van der Waals surface area contributed by atoms with Crippen LogP contribution in [0.1, 0.15) is 29.8 Å². The van der Waals surface area contributed by atoms with E-state index in [9.17, 15) is 4.79 Å². The molecule has 27 heavy (non-hydrogen) atoms. The lowest BCUT2D eigenvalue weighted by molar-refractivity contribution is 0.0947. The van der Waals surface area contributed by atoms with E-state index in [1.165, 1.54) is 0 Å². The van der Waals surface area contributed by atoms with Crippen molar-refractivity contribution < 1.29 is 14.3 Å². The molecule has 0 saturated heterocycles. The lowest BCUT2D eigenvalue weighted by Gasteiger charge is -2.14. The lowest BCUT2D eigenvalue weighted by Crippen LogP contribution is -2.24. The predicted octanol–water partition coefficient (Wildman–Crippen LogP) is 3.99. The Morgan fingerprint density at radius 1 is 0.963 bits per heavy atom. The summed E-state index contributed by atoms with van der Waals surface area (Å²) >= 11 is 0. The fourth-order valence-electron chi connectivity index (χ4n) is 2.40. The number of para-hydroxylation sites is 1. The summed E-state index contributed by atoms with van der Waals surface area (Å²) in [7, 11) is 0. The molecule has 3 rings (SSSR count). The molecular formula is C21H21N3O3. The third-order valence-electron chi connectivity index (χ3n) is 3.61. The van der Waals surface area contributed by atoms with E-state index in [1.54, 1.807) is 24.5 Å². The van der Waals surface area contributed by atoms with Gasteiger partial charge in [0, 0.05) is 24.5 Å². The van der Waals surface area contributed by atoms with Crippen LogP contribution in [0.5, 0.6) is 17.5 Å². The first kappa shape index (κ1) is 18.4. The van der Waals surface area contributed by atoms with Crippen molar-refractivity contribution in [3.8, 4) is 17.5 Å². The maximum atomic E-state index is 12.7. The van der Waals surface area contributed by atoms with E-state index in [1.807, 2.05) is 56.3 Å². The minimum atomic E-state index is -0.284. The van der Waals surface area contributed by atoms with Gasteiger partial charge >= 0.3 is 0 Å². The first-order valence-corrected chi connectivity index (χ1v) is 8.70. The number of ether oxygens (including phenoxy) is 2. The van der Waals surface area contributed by atoms with Crippen molar-refractivity contribution in [2.75, 3.05) is 0 Å². The molecule has 0 radical (unpaired) electrons. The number of carbonyl (C=O) groups excluding carboxylic acids is 1. The van der Waals surface area contributed by atoms with Gasteiger partial charge in [-0.05, 0) is 44.2 Å². The first-order chi connectivity index (χ1) is 13.1. The van der Waals surface area contributed by atoms with Crippen molar-refractivity contribution in [2.24, 2.45) is 0 Å². The molecule has 0 atom stereocenters. The monoisotopic (exact) mass is 363 g/mol. The van der Waals surface area contributed by atoms with E-state index >= 15 is 0 Å². The van der Waals surface area contributed by atoms with Crippen molar-refractivity contribution >= 4 is 5.91 Å². The summed E-state index contributed by atoms with van der Waals surface area (Å²) in [5.74, 6) is 1.10. The minimum absolute atomic E-state index is 0.00134. The van der Waals surface area contributed by atoms with E-state index in [0.29, 0.717) is 17.2 Å². The van der Waals surface area contributed by atoms with Gasteiger partial charge in [0.25, 0.3) is 5.91 Å². The number of hydrogen-bond acceptors (Lipinski definition) is 5. The molecule has 138 valence electrons. The zero-order valence-corrected chi connectivity index (χ0v) is 15.3. The second-order valence-corrected chi connectivity index (χ2v) is 6.09. The molecule has 1 amide bonds. The van der Waals surface area contributed by atoms with Crippen LogP contribution in [0, 0.1) is 0 Å². The molecule has 6 nitrogen and oxygen atoms in total. The minimum Gasteiger partial charge on any atom is -0.475 e. The van der Waals surface area contributed by atoms with Gasteiger partial charge in [0.05, 0.1) is 6.10 Å². The predicted molar refractivity (Wildman–Crippen MR) is 102 cm³/mol. The standard InChI is InChI=1S/C21H21N3O3/c1-15(2)26-20-16(8-6-12-22-20)14-24-19(25)18-11-7-13-23-21(18)27-17-9-4-3-5-10-17/h3-13,15H,14H2,1-2H3,(H,24,25). The average molecular weight is 363 g/mol. The van der Waals surface area contributed by atoms with E-state index in [-0.39, 0.29) is 24.4 Å². The van der Waals surface area contributed by atoms with E-state index < -0.39 is 0 Å². The quantitative estimate of drug-likeness (QED) is 0.687. The number of aromatic nitrogens is 2. The Balaban J connectivity index is 1.72. The van der Waals surface area contributed by atoms with Crippen LogP contribution in [0.3, 0.4) is 0 Å². The molecule has 0 aliphatic rings. The highest BCUT2D eigenvalue weighted by Crippen LogP contribution is 2.23. The molecule has 0 aliphatic heterocycles. The molecular weight excluding hydrogens is 342 g/mol. The van der Waals surface area contributed by atoms with Gasteiger partial charge in [-0.1, -0.05) is 24.3 Å². The SMILES string of the molecule is CC(C)Oc1ncccc1CNC(=O)c1cccnc1Oc1ccccc1. The molecule has 1 aromatic carbocycles. The molecule has 6 heteroatoms. The van der Waals surface area contributed by atoms with Gasteiger partial charge in [0.1, 0.15) is 11.3 Å². The van der Waals surface area contributed by atoms with Crippen LogP contribution in [0.2, 0.25) is 0 Å². The van der Waals surface area contributed by atoms with Crippen LogP contribution in [-0.4, -0.2) is 22.0 Å². The van der Waals surface area contributed by atoms with Crippen molar-refractivity contribution in [2.45, 2.75) is 26.5 Å². The Hall–Kier alpha value is -3.41. The number of benzene rings is 1. The Bertz CT molecular complexity index is 898. The van der Waals surface area contributed by atoms with Crippen LogP contribution in [0.25, 0.3) is 0 Å². The molecule has 0 saturated carbocycles. The summed E-state index contributed by atoms with van der Waals surface area (Å²) in [6.07, 6.45) is 3.25. The first-order valence-electron chi connectivity index (χ1n) is 8.70. The largest absolute Gasteiger partial charge is 0.475 e. The van der Waals surface area contributed by atoms with E-state index in [4.69, 9.17) is 9.47 Å². The van der Waals surface area contributed by atoms with Gasteiger partial charge in [-0.25, -0.2) is 9.97 Å². The van der Waals surface area contributed by atoms with Crippen molar-refractivity contribution in [3.63, 3.8) is 0 Å². The molecule has 0 bridgehead atoms. The highest BCUT2D eigenvalue weighted by atomic mass is 16.5. The summed E-state index contributed by atoms with van der Waals surface area (Å²) in [4.78, 5) is 21.1. The van der Waals surface area contributed by atoms with Crippen molar-refractivity contribution in [3.05, 3.63) is 78.1 Å². The van der Waals surface area contributed by atoms with Gasteiger partial charge in [0.2, 0.25) is 11.8 Å². The molecule has 2 aromatic heterocycles. The molecule has 0 aliphatic carbocycles. The number of amides is 1. The summed E-state index contributed by atoms with van der Waals surface area (Å²) in [6, 6.07) is 16.3. The fraction of sp³-hybridized carbons (Fsp3) is 0.190. The topological polar surface area (TPSA) is 73.3 Å². The Morgan fingerprint density at radius 3 is 2.41 bits per heavy atom. The summed E-state index contributed by atoms with van der Waals surface area (Å²) in [6.45, 7) is 4.15. The van der Waals surface area contributed by atoms with Crippen molar-refractivity contribution in [1.82, 2.24) is 15.3 Å². The van der Waals surface area contributed by atoms with Gasteiger partial charge in [-0.15, -0.1) is 0 Å². The highest BCUT2D eigenvalue weighted by Gasteiger charge is 2.15. The summed E-state index contributed by atoms with van der Waals surface area (Å²) in [5, 5.41) is 2.88. The molecule has 3 aromatic rings. The number of nitrogens with one attached hydrogen (secondary N) is 1. The second-order valence-electron chi connectivity index (χ2n) is 6.09. The van der Waals surface area contributed by atoms with Crippen LogP contribution in [0.15, 0.2) is 67.0 Å². The van der Waals surface area contributed by atoms with E-state index in [0.717, 1.165) is 5.56 Å². The van der Waals surface area contributed by atoms with Gasteiger partial charge in [-0.2, -0.15) is 0 Å². The highest BCUT2D eigenvalue weighted by molar-refractivity contribution is 5.96. The molecule has 0 spiro atoms. The molecule has 1 N–H and O–H groups in total. The van der Waals surface area contributed by atoms with Gasteiger partial charge in [-0.3, -0.25) is 4.79 Å².